The van der Waals surface area contributed by atoms with Gasteiger partial charge in [-0.2, -0.15) is 0 Å². The maximum Gasteiger partial charge on any atom is 0.227 e. The molecule has 0 aliphatic carbocycles. The van der Waals surface area contributed by atoms with Gasteiger partial charge in [0.1, 0.15) is 0 Å². The molecule has 0 unspecified atom stereocenters. The van der Waals surface area contributed by atoms with Crippen LogP contribution in [0.15, 0.2) is 48.5 Å². The molecule has 0 aromatic heterocycles. The van der Waals surface area contributed by atoms with Crippen molar-refractivity contribution in [3.8, 4) is 0 Å². The summed E-state index contributed by atoms with van der Waals surface area (Å²) in [5, 5.41) is 0.702. The van der Waals surface area contributed by atoms with Crippen LogP contribution in [0.3, 0.4) is 0 Å². The van der Waals surface area contributed by atoms with E-state index in [4.69, 9.17) is 11.6 Å². The number of halogens is 1. The molecule has 26 heavy (non-hydrogen) atoms. The van der Waals surface area contributed by atoms with Crippen LogP contribution in [0.1, 0.15) is 29.5 Å². The normalized spacial score (nSPS) is 15.8. The van der Waals surface area contributed by atoms with Gasteiger partial charge in [0, 0.05) is 17.6 Å². The lowest BCUT2D eigenvalue weighted by molar-refractivity contribution is -0.134. The number of carbonyl (C=O) groups excluding carboxylic acids is 1. The van der Waals surface area contributed by atoms with Crippen LogP contribution >= 0.6 is 11.6 Å². The summed E-state index contributed by atoms with van der Waals surface area (Å²) in [5.74, 6) is 0.197. The predicted octanol–water partition coefficient (Wildman–Crippen LogP) is 4.31. The van der Waals surface area contributed by atoms with Gasteiger partial charge in [-0.05, 0) is 63.2 Å². The molecule has 1 saturated heterocycles. The molecule has 0 radical (unpaired) electrons. The van der Waals surface area contributed by atoms with Crippen LogP contribution in [0, 0.1) is 6.92 Å². The Morgan fingerprint density at radius 2 is 1.62 bits per heavy atom. The third-order valence-electron chi connectivity index (χ3n) is 5.19. The predicted molar refractivity (Wildman–Crippen MR) is 107 cm³/mol. The zero-order chi connectivity index (χ0) is 18.5. The van der Waals surface area contributed by atoms with E-state index >= 15 is 0 Å². The number of hydrogen-bond donors (Lipinski definition) is 0. The van der Waals surface area contributed by atoms with Crippen molar-refractivity contribution in [3.05, 3.63) is 70.2 Å². The fraction of sp³-hybridized carbons (Fsp3) is 0.409. The van der Waals surface area contributed by atoms with Gasteiger partial charge in [-0.1, -0.05) is 53.6 Å². The number of rotatable bonds is 5. The van der Waals surface area contributed by atoms with Crippen molar-refractivity contribution in [2.45, 2.75) is 38.8 Å². The van der Waals surface area contributed by atoms with Gasteiger partial charge in [-0.3, -0.25) is 4.79 Å². The zero-order valence-electron chi connectivity index (χ0n) is 15.6. The number of piperidine rings is 1. The Labute approximate surface area is 161 Å². The SMILES string of the molecule is Cc1ccc(CN(C(=O)Cc2ccc(Cl)cc2)C2CCN(C)CC2)cc1. The van der Waals surface area contributed by atoms with Crippen LogP contribution in [0.2, 0.25) is 5.02 Å². The minimum atomic E-state index is 0.197. The van der Waals surface area contributed by atoms with E-state index in [0.717, 1.165) is 31.5 Å². The molecule has 1 amide bonds. The van der Waals surface area contributed by atoms with Gasteiger partial charge in [0.25, 0.3) is 0 Å². The molecule has 1 fully saturated rings. The van der Waals surface area contributed by atoms with Gasteiger partial charge in [0.05, 0.1) is 6.42 Å². The average molecular weight is 371 g/mol. The van der Waals surface area contributed by atoms with E-state index in [2.05, 4.69) is 48.0 Å². The average Bonchev–Trinajstić information content (AvgIpc) is 2.64. The molecule has 2 aromatic rings. The van der Waals surface area contributed by atoms with E-state index in [1.54, 1.807) is 0 Å². The van der Waals surface area contributed by atoms with Crippen molar-refractivity contribution >= 4 is 17.5 Å². The third kappa shape index (κ3) is 5.09. The van der Waals surface area contributed by atoms with Crippen LogP contribution in [-0.2, 0) is 17.8 Å². The second-order valence-corrected chi connectivity index (χ2v) is 7.78. The number of amides is 1. The van der Waals surface area contributed by atoms with E-state index in [1.165, 1.54) is 11.1 Å². The molecule has 2 aromatic carbocycles. The van der Waals surface area contributed by atoms with Gasteiger partial charge in [0.2, 0.25) is 5.91 Å². The lowest BCUT2D eigenvalue weighted by atomic mass is 10.0. The highest BCUT2D eigenvalue weighted by Crippen LogP contribution is 2.21. The molecule has 3 rings (SSSR count). The fourth-order valence-corrected chi connectivity index (χ4v) is 3.62. The highest BCUT2D eigenvalue weighted by molar-refractivity contribution is 6.30. The molecule has 0 N–H and O–H groups in total. The molecule has 0 atom stereocenters. The summed E-state index contributed by atoms with van der Waals surface area (Å²) >= 11 is 5.97. The van der Waals surface area contributed by atoms with Crippen LogP contribution in [0.4, 0.5) is 0 Å². The lowest BCUT2D eigenvalue weighted by Gasteiger charge is -2.37. The molecule has 3 nitrogen and oxygen atoms in total. The monoisotopic (exact) mass is 370 g/mol. The first-order chi connectivity index (χ1) is 12.5. The molecule has 0 spiro atoms. The smallest absolute Gasteiger partial charge is 0.227 e. The van der Waals surface area contributed by atoms with Crippen LogP contribution in [0.5, 0.6) is 0 Å². The Morgan fingerprint density at radius 1 is 1.04 bits per heavy atom. The van der Waals surface area contributed by atoms with Crippen molar-refractivity contribution in [2.75, 3.05) is 20.1 Å². The van der Waals surface area contributed by atoms with Crippen molar-refractivity contribution in [2.24, 2.45) is 0 Å². The minimum absolute atomic E-state index is 0.197. The summed E-state index contributed by atoms with van der Waals surface area (Å²) in [4.78, 5) is 17.6. The Bertz CT molecular complexity index is 719. The maximum atomic E-state index is 13.1. The van der Waals surface area contributed by atoms with Crippen molar-refractivity contribution in [3.63, 3.8) is 0 Å². The Hall–Kier alpha value is -1.84. The molecule has 0 bridgehead atoms. The van der Waals surface area contributed by atoms with Crippen molar-refractivity contribution in [1.82, 2.24) is 9.80 Å². The van der Waals surface area contributed by atoms with E-state index in [1.807, 2.05) is 24.3 Å². The topological polar surface area (TPSA) is 23.6 Å². The number of hydrogen-bond acceptors (Lipinski definition) is 2. The summed E-state index contributed by atoms with van der Waals surface area (Å²) in [6.45, 7) is 4.86. The first-order valence-electron chi connectivity index (χ1n) is 9.29. The minimum Gasteiger partial charge on any atom is -0.335 e. The maximum absolute atomic E-state index is 13.1. The van der Waals surface area contributed by atoms with Gasteiger partial charge >= 0.3 is 0 Å². The highest BCUT2D eigenvalue weighted by Gasteiger charge is 2.27. The van der Waals surface area contributed by atoms with E-state index < -0.39 is 0 Å². The number of carbonyl (C=O) groups is 1. The molecule has 1 aliphatic rings. The Morgan fingerprint density at radius 3 is 2.23 bits per heavy atom. The van der Waals surface area contributed by atoms with E-state index in [9.17, 15) is 4.79 Å². The summed E-state index contributed by atoms with van der Waals surface area (Å²) in [5.41, 5.74) is 3.45. The Balaban J connectivity index is 1.75. The van der Waals surface area contributed by atoms with Gasteiger partial charge in [-0.25, -0.2) is 0 Å². The second kappa shape index (κ2) is 8.70. The van der Waals surface area contributed by atoms with Crippen LogP contribution in [0.25, 0.3) is 0 Å². The molecule has 0 saturated carbocycles. The standard InChI is InChI=1S/C22H27ClN2O/c1-17-3-5-19(6-4-17)16-25(21-11-13-24(2)14-12-21)22(26)15-18-7-9-20(23)10-8-18/h3-10,21H,11-16H2,1-2H3. The number of benzene rings is 2. The quantitative estimate of drug-likeness (QED) is 0.782. The molecular formula is C22H27ClN2O. The summed E-state index contributed by atoms with van der Waals surface area (Å²) in [6.07, 6.45) is 2.50. The third-order valence-corrected chi connectivity index (χ3v) is 5.44. The van der Waals surface area contributed by atoms with Crippen LogP contribution in [-0.4, -0.2) is 41.9 Å². The van der Waals surface area contributed by atoms with Gasteiger partial charge in [0.15, 0.2) is 0 Å². The summed E-state index contributed by atoms with van der Waals surface area (Å²) in [6, 6.07) is 16.4. The molecular weight excluding hydrogens is 344 g/mol. The first kappa shape index (κ1) is 18.9. The summed E-state index contributed by atoms with van der Waals surface area (Å²) < 4.78 is 0. The zero-order valence-corrected chi connectivity index (χ0v) is 16.4. The largest absolute Gasteiger partial charge is 0.335 e. The van der Waals surface area contributed by atoms with E-state index in [-0.39, 0.29) is 5.91 Å². The van der Waals surface area contributed by atoms with Crippen LogP contribution < -0.4 is 0 Å². The van der Waals surface area contributed by atoms with Gasteiger partial charge in [-0.15, -0.1) is 0 Å². The number of aryl methyl sites for hydroxylation is 1. The van der Waals surface area contributed by atoms with Gasteiger partial charge < -0.3 is 9.80 Å². The fourth-order valence-electron chi connectivity index (χ4n) is 3.50. The lowest BCUT2D eigenvalue weighted by Crippen LogP contribution is -2.46. The molecule has 1 heterocycles. The van der Waals surface area contributed by atoms with Crippen molar-refractivity contribution in [1.29, 1.82) is 0 Å². The molecule has 138 valence electrons. The second-order valence-electron chi connectivity index (χ2n) is 7.34. The van der Waals surface area contributed by atoms with E-state index in [0.29, 0.717) is 24.0 Å². The highest BCUT2D eigenvalue weighted by atomic mass is 35.5. The Kier molecular flexibility index (Phi) is 6.33. The summed E-state index contributed by atoms with van der Waals surface area (Å²) in [7, 11) is 2.15. The number of likely N-dealkylation sites (tertiary alicyclic amines) is 1. The molecule has 1 aliphatic heterocycles. The van der Waals surface area contributed by atoms with Crippen molar-refractivity contribution < 1.29 is 4.79 Å². The number of nitrogens with zero attached hydrogens (tertiary/aromatic N) is 2. The molecule has 4 heteroatoms. The first-order valence-corrected chi connectivity index (χ1v) is 9.67.